The lowest BCUT2D eigenvalue weighted by atomic mass is 10.0. The smallest absolute Gasteiger partial charge is 0.216 e. The highest BCUT2D eigenvalue weighted by Gasteiger charge is 2.29. The molecule has 0 aromatic carbocycles. The highest BCUT2D eigenvalue weighted by molar-refractivity contribution is 14.0. The van der Waals surface area contributed by atoms with Crippen molar-refractivity contribution < 1.29 is 9.15 Å². The van der Waals surface area contributed by atoms with Gasteiger partial charge in [0.1, 0.15) is 5.82 Å². The van der Waals surface area contributed by atoms with Crippen LogP contribution in [0.3, 0.4) is 0 Å². The molecule has 1 aliphatic rings. The van der Waals surface area contributed by atoms with Gasteiger partial charge >= 0.3 is 0 Å². The molecule has 144 valence electrons. The molecule has 1 unspecified atom stereocenters. The lowest BCUT2D eigenvalue weighted by molar-refractivity contribution is 0.0283. The average molecular weight is 474 g/mol. The highest BCUT2D eigenvalue weighted by atomic mass is 127. The number of halogens is 1. The first-order valence-corrected chi connectivity index (χ1v) is 8.80. The molecule has 2 aromatic rings. The van der Waals surface area contributed by atoms with Crippen molar-refractivity contribution in [2.24, 2.45) is 4.99 Å². The van der Waals surface area contributed by atoms with Gasteiger partial charge in [0.05, 0.1) is 18.4 Å². The van der Waals surface area contributed by atoms with Crippen molar-refractivity contribution in [3.63, 3.8) is 0 Å². The molecule has 3 rings (SSSR count). The molecule has 0 radical (unpaired) electrons. The van der Waals surface area contributed by atoms with Crippen LogP contribution in [-0.4, -0.2) is 53.0 Å². The molecule has 0 saturated carbocycles. The summed E-state index contributed by atoms with van der Waals surface area (Å²) in [6, 6.07) is 3.66. The minimum atomic E-state index is -0.134. The Kier molecular flexibility index (Phi) is 7.88. The van der Waals surface area contributed by atoms with Gasteiger partial charge in [0.25, 0.3) is 0 Å². The Morgan fingerprint density at radius 2 is 2.31 bits per heavy atom. The first-order valence-electron chi connectivity index (χ1n) is 8.80. The number of H-pyrrole nitrogens is 1. The van der Waals surface area contributed by atoms with E-state index in [1.807, 2.05) is 12.1 Å². The van der Waals surface area contributed by atoms with E-state index in [9.17, 15) is 0 Å². The Morgan fingerprint density at radius 1 is 1.42 bits per heavy atom. The second-order valence-electron chi connectivity index (χ2n) is 6.36. The topological polar surface area (TPSA) is 100 Å². The van der Waals surface area contributed by atoms with Gasteiger partial charge in [-0.15, -0.1) is 24.0 Å². The van der Waals surface area contributed by atoms with Gasteiger partial charge in [0.2, 0.25) is 5.82 Å². The Bertz CT molecular complexity index is 679. The van der Waals surface area contributed by atoms with Crippen molar-refractivity contribution in [3.05, 3.63) is 24.2 Å². The monoisotopic (exact) mass is 474 g/mol. The van der Waals surface area contributed by atoms with E-state index in [4.69, 9.17) is 9.15 Å². The zero-order valence-electron chi connectivity index (χ0n) is 15.2. The summed E-state index contributed by atoms with van der Waals surface area (Å²) < 4.78 is 11.1. The van der Waals surface area contributed by atoms with Crippen LogP contribution in [0.4, 0.5) is 0 Å². The molecule has 0 amide bonds. The number of nitrogens with zero attached hydrogens (tertiary/aromatic N) is 3. The predicted octanol–water partition coefficient (Wildman–Crippen LogP) is 2.35. The fourth-order valence-corrected chi connectivity index (χ4v) is 2.77. The van der Waals surface area contributed by atoms with Gasteiger partial charge in [-0.05, 0) is 38.8 Å². The van der Waals surface area contributed by atoms with Crippen molar-refractivity contribution in [3.8, 4) is 11.6 Å². The summed E-state index contributed by atoms with van der Waals surface area (Å²) in [5.74, 6) is 2.84. The normalized spacial score (nSPS) is 20.0. The lowest BCUT2D eigenvalue weighted by Crippen LogP contribution is -2.40. The molecule has 1 saturated heterocycles. The fraction of sp³-hybridized carbons (Fsp3) is 0.588. The minimum absolute atomic E-state index is 0. The number of aromatic amines is 1. The highest BCUT2D eigenvalue weighted by Crippen LogP contribution is 2.24. The second-order valence-corrected chi connectivity index (χ2v) is 6.36. The molecule has 0 aliphatic carbocycles. The van der Waals surface area contributed by atoms with Crippen LogP contribution in [0.1, 0.15) is 32.5 Å². The Morgan fingerprint density at radius 3 is 3.00 bits per heavy atom. The number of furan rings is 1. The summed E-state index contributed by atoms with van der Waals surface area (Å²) in [4.78, 5) is 9.09. The Labute approximate surface area is 170 Å². The van der Waals surface area contributed by atoms with Crippen LogP contribution in [0, 0.1) is 0 Å². The van der Waals surface area contributed by atoms with Crippen LogP contribution in [-0.2, 0) is 11.2 Å². The standard InChI is InChI=1S/C17H26N6O2.HI/c1-3-18-16(20-12-17(2)8-5-11-25-17)19-9-7-14-21-15(23-22-14)13-6-4-10-24-13;/h4,6,10H,3,5,7-9,11-12H2,1-2H3,(H2,18,19,20)(H,21,22,23);1H. The SMILES string of the molecule is CCNC(=NCC1(C)CCCO1)NCCc1nc(-c2ccco2)n[nH]1.I. The third-order valence-corrected chi connectivity index (χ3v) is 4.14. The third-order valence-electron chi connectivity index (χ3n) is 4.14. The van der Waals surface area contributed by atoms with Crippen LogP contribution in [0.5, 0.6) is 0 Å². The first-order chi connectivity index (χ1) is 12.2. The number of ether oxygens (including phenoxy) is 1. The van der Waals surface area contributed by atoms with Gasteiger partial charge in [0, 0.05) is 26.1 Å². The summed E-state index contributed by atoms with van der Waals surface area (Å²) >= 11 is 0. The summed E-state index contributed by atoms with van der Waals surface area (Å²) in [5, 5.41) is 13.7. The predicted molar refractivity (Wildman–Crippen MR) is 111 cm³/mol. The van der Waals surface area contributed by atoms with Crippen LogP contribution in [0.25, 0.3) is 11.6 Å². The maximum Gasteiger partial charge on any atom is 0.216 e. The summed E-state index contributed by atoms with van der Waals surface area (Å²) in [6.07, 6.45) is 4.50. The van der Waals surface area contributed by atoms with E-state index < -0.39 is 0 Å². The number of guanidine groups is 1. The van der Waals surface area contributed by atoms with Crippen LogP contribution in [0.2, 0.25) is 0 Å². The van der Waals surface area contributed by atoms with E-state index in [1.54, 1.807) is 6.26 Å². The molecular weight excluding hydrogens is 447 g/mol. The van der Waals surface area contributed by atoms with Crippen molar-refractivity contribution in [1.82, 2.24) is 25.8 Å². The van der Waals surface area contributed by atoms with Gasteiger partial charge in [0.15, 0.2) is 11.7 Å². The zero-order valence-corrected chi connectivity index (χ0v) is 17.6. The molecule has 2 aromatic heterocycles. The molecule has 3 heterocycles. The summed E-state index contributed by atoms with van der Waals surface area (Å²) in [6.45, 7) is 7.19. The minimum Gasteiger partial charge on any atom is -0.461 e. The maximum absolute atomic E-state index is 5.79. The number of rotatable bonds is 7. The van der Waals surface area contributed by atoms with Crippen molar-refractivity contribution in [2.75, 3.05) is 26.2 Å². The largest absolute Gasteiger partial charge is 0.461 e. The van der Waals surface area contributed by atoms with E-state index in [1.165, 1.54) is 0 Å². The molecule has 26 heavy (non-hydrogen) atoms. The molecule has 8 nitrogen and oxygen atoms in total. The number of hydrogen-bond donors (Lipinski definition) is 3. The van der Waals surface area contributed by atoms with Gasteiger partial charge in [-0.3, -0.25) is 10.1 Å². The molecule has 0 bridgehead atoms. The van der Waals surface area contributed by atoms with Gasteiger partial charge in [-0.2, -0.15) is 5.10 Å². The lowest BCUT2D eigenvalue weighted by Gasteiger charge is -2.21. The van der Waals surface area contributed by atoms with E-state index in [0.29, 0.717) is 31.1 Å². The number of hydrogen-bond acceptors (Lipinski definition) is 5. The first kappa shape index (κ1) is 20.7. The van der Waals surface area contributed by atoms with Crippen LogP contribution < -0.4 is 10.6 Å². The molecule has 1 atom stereocenters. The number of nitrogens with one attached hydrogen (secondary N) is 3. The van der Waals surface area contributed by atoms with Gasteiger partial charge in [-0.25, -0.2) is 4.98 Å². The summed E-state index contributed by atoms with van der Waals surface area (Å²) in [5.41, 5.74) is -0.134. The second kappa shape index (κ2) is 9.91. The number of aromatic nitrogens is 3. The Balaban J connectivity index is 0.00000243. The molecule has 1 fully saturated rings. The summed E-state index contributed by atoms with van der Waals surface area (Å²) in [7, 11) is 0. The molecule has 9 heteroatoms. The zero-order chi connectivity index (χ0) is 17.5. The molecular formula is C17H27IN6O2. The van der Waals surface area contributed by atoms with Gasteiger partial charge in [-0.1, -0.05) is 0 Å². The van der Waals surface area contributed by atoms with Crippen LogP contribution in [0.15, 0.2) is 27.8 Å². The van der Waals surface area contributed by atoms with Crippen molar-refractivity contribution in [2.45, 2.75) is 38.7 Å². The Hall–Kier alpha value is -1.62. The van der Waals surface area contributed by atoms with Crippen molar-refractivity contribution >= 4 is 29.9 Å². The quantitative estimate of drug-likeness (QED) is 0.324. The molecule has 1 aliphatic heterocycles. The van der Waals surface area contributed by atoms with E-state index in [0.717, 1.165) is 37.8 Å². The van der Waals surface area contributed by atoms with E-state index in [-0.39, 0.29) is 29.6 Å². The fourth-order valence-electron chi connectivity index (χ4n) is 2.77. The molecule has 0 spiro atoms. The van der Waals surface area contributed by atoms with E-state index in [2.05, 4.69) is 44.7 Å². The van der Waals surface area contributed by atoms with Gasteiger partial charge < -0.3 is 19.8 Å². The molecule has 3 N–H and O–H groups in total. The van der Waals surface area contributed by atoms with E-state index >= 15 is 0 Å². The average Bonchev–Trinajstić information content (AvgIpc) is 3.34. The number of aliphatic imine (C=N–C) groups is 1. The van der Waals surface area contributed by atoms with Crippen LogP contribution >= 0.6 is 24.0 Å². The third kappa shape index (κ3) is 5.70. The maximum atomic E-state index is 5.79. The van der Waals surface area contributed by atoms with Crippen molar-refractivity contribution in [1.29, 1.82) is 0 Å².